The SMILES string of the molecule is COC1CN(C(=O)NCc2cccc(Cn3cccn3)c2)C(C)(C(=O)O)C1. The molecule has 2 N–H and O–H groups in total. The highest BCUT2D eigenvalue weighted by molar-refractivity contribution is 5.86. The summed E-state index contributed by atoms with van der Waals surface area (Å²) in [5.74, 6) is -1.03. The highest BCUT2D eigenvalue weighted by Crippen LogP contribution is 2.31. The summed E-state index contributed by atoms with van der Waals surface area (Å²) < 4.78 is 7.10. The number of nitrogens with one attached hydrogen (secondary N) is 1. The van der Waals surface area contributed by atoms with Crippen molar-refractivity contribution in [2.24, 2.45) is 0 Å². The minimum Gasteiger partial charge on any atom is -0.480 e. The number of aromatic nitrogens is 2. The van der Waals surface area contributed by atoms with E-state index >= 15 is 0 Å². The highest BCUT2D eigenvalue weighted by atomic mass is 16.5. The minimum absolute atomic E-state index is 0.254. The van der Waals surface area contributed by atoms with Crippen molar-refractivity contribution in [3.8, 4) is 0 Å². The quantitative estimate of drug-likeness (QED) is 0.805. The van der Waals surface area contributed by atoms with E-state index in [0.717, 1.165) is 11.1 Å². The highest BCUT2D eigenvalue weighted by Gasteiger charge is 2.50. The normalized spacial score (nSPS) is 22.0. The molecule has 2 unspecified atom stereocenters. The summed E-state index contributed by atoms with van der Waals surface area (Å²) in [6.45, 7) is 2.77. The Kier molecular flexibility index (Phi) is 5.46. The first-order valence-corrected chi connectivity index (χ1v) is 8.79. The number of ether oxygens (including phenoxy) is 1. The number of carbonyl (C=O) groups is 2. The van der Waals surface area contributed by atoms with Gasteiger partial charge in [0, 0.05) is 39.0 Å². The van der Waals surface area contributed by atoms with Gasteiger partial charge in [-0.25, -0.2) is 9.59 Å². The molecule has 3 rings (SSSR count). The van der Waals surface area contributed by atoms with Crippen molar-refractivity contribution >= 4 is 12.0 Å². The van der Waals surface area contributed by atoms with Gasteiger partial charge in [-0.05, 0) is 24.1 Å². The number of hydrogen-bond acceptors (Lipinski definition) is 4. The third-order valence-corrected chi connectivity index (χ3v) is 4.99. The lowest BCUT2D eigenvalue weighted by atomic mass is 9.98. The van der Waals surface area contributed by atoms with E-state index in [1.165, 1.54) is 12.0 Å². The molecule has 2 amide bonds. The Balaban J connectivity index is 1.64. The Morgan fingerprint density at radius 1 is 1.37 bits per heavy atom. The fourth-order valence-electron chi connectivity index (χ4n) is 3.38. The molecule has 8 heteroatoms. The number of rotatable bonds is 6. The molecule has 0 bridgehead atoms. The van der Waals surface area contributed by atoms with Gasteiger partial charge in [-0.2, -0.15) is 5.10 Å². The van der Waals surface area contributed by atoms with Crippen LogP contribution in [0.4, 0.5) is 4.79 Å². The fraction of sp³-hybridized carbons (Fsp3) is 0.421. The third-order valence-electron chi connectivity index (χ3n) is 4.99. The van der Waals surface area contributed by atoms with E-state index in [9.17, 15) is 14.7 Å². The summed E-state index contributed by atoms with van der Waals surface area (Å²) >= 11 is 0. The van der Waals surface area contributed by atoms with Crippen LogP contribution in [0.15, 0.2) is 42.7 Å². The van der Waals surface area contributed by atoms with Gasteiger partial charge in [0.15, 0.2) is 0 Å². The molecule has 0 radical (unpaired) electrons. The number of methoxy groups -OCH3 is 1. The summed E-state index contributed by atoms with van der Waals surface area (Å²) in [4.78, 5) is 25.7. The molecule has 1 aromatic carbocycles. The van der Waals surface area contributed by atoms with E-state index in [2.05, 4.69) is 10.4 Å². The molecule has 0 saturated carbocycles. The van der Waals surface area contributed by atoms with Gasteiger partial charge in [0.1, 0.15) is 5.54 Å². The van der Waals surface area contributed by atoms with E-state index in [1.54, 1.807) is 13.1 Å². The summed E-state index contributed by atoms with van der Waals surface area (Å²) in [6.07, 6.45) is 3.61. The average Bonchev–Trinajstić information content (AvgIpc) is 3.28. The van der Waals surface area contributed by atoms with E-state index in [0.29, 0.717) is 13.1 Å². The van der Waals surface area contributed by atoms with E-state index in [4.69, 9.17) is 4.74 Å². The lowest BCUT2D eigenvalue weighted by molar-refractivity contribution is -0.147. The van der Waals surface area contributed by atoms with Crippen LogP contribution in [0.25, 0.3) is 0 Å². The number of carboxylic acid groups (broad SMARTS) is 1. The van der Waals surface area contributed by atoms with Crippen molar-refractivity contribution in [1.82, 2.24) is 20.0 Å². The van der Waals surface area contributed by atoms with Crippen LogP contribution in [-0.2, 0) is 22.6 Å². The second-order valence-corrected chi connectivity index (χ2v) is 6.93. The molecule has 144 valence electrons. The molecular weight excluding hydrogens is 348 g/mol. The summed E-state index contributed by atoms with van der Waals surface area (Å²) in [5, 5.41) is 16.6. The molecule has 27 heavy (non-hydrogen) atoms. The number of urea groups is 1. The number of carbonyl (C=O) groups excluding carboxylic acids is 1. The number of amides is 2. The van der Waals surface area contributed by atoms with Crippen LogP contribution in [0.5, 0.6) is 0 Å². The van der Waals surface area contributed by atoms with E-state index in [1.807, 2.05) is 41.2 Å². The zero-order chi connectivity index (χ0) is 19.4. The fourth-order valence-corrected chi connectivity index (χ4v) is 3.38. The van der Waals surface area contributed by atoms with E-state index < -0.39 is 17.5 Å². The van der Waals surface area contributed by atoms with Crippen LogP contribution < -0.4 is 5.32 Å². The van der Waals surface area contributed by atoms with Gasteiger partial charge in [-0.1, -0.05) is 24.3 Å². The molecule has 2 atom stereocenters. The van der Waals surface area contributed by atoms with Crippen molar-refractivity contribution in [2.45, 2.75) is 38.1 Å². The zero-order valence-electron chi connectivity index (χ0n) is 15.5. The molecule has 1 saturated heterocycles. The van der Waals surface area contributed by atoms with E-state index in [-0.39, 0.29) is 19.1 Å². The Hall–Kier alpha value is -2.87. The van der Waals surface area contributed by atoms with Gasteiger partial charge >= 0.3 is 12.0 Å². The Bertz CT molecular complexity index is 808. The van der Waals surface area contributed by atoms with Gasteiger partial charge in [0.25, 0.3) is 0 Å². The Labute approximate surface area is 157 Å². The second kappa shape index (κ2) is 7.79. The predicted octanol–water partition coefficient (Wildman–Crippen LogP) is 1.70. The Morgan fingerprint density at radius 2 is 2.15 bits per heavy atom. The predicted molar refractivity (Wildman–Crippen MR) is 98.2 cm³/mol. The molecule has 2 aromatic rings. The zero-order valence-corrected chi connectivity index (χ0v) is 15.5. The standard InChI is InChI=1S/C19H24N4O4/c1-19(17(24)25)10-16(27-2)13-23(19)18(26)20-11-14-5-3-6-15(9-14)12-22-8-4-7-21-22/h3-9,16H,10-13H2,1-2H3,(H,20,26)(H,24,25). The maximum atomic E-state index is 12.6. The smallest absolute Gasteiger partial charge is 0.329 e. The first kappa shape index (κ1) is 18.9. The first-order chi connectivity index (χ1) is 12.9. The van der Waals surface area contributed by atoms with Crippen molar-refractivity contribution < 1.29 is 19.4 Å². The topological polar surface area (TPSA) is 96.7 Å². The van der Waals surface area contributed by atoms with Crippen LogP contribution in [0.2, 0.25) is 0 Å². The average molecular weight is 372 g/mol. The molecule has 1 aliphatic rings. The second-order valence-electron chi connectivity index (χ2n) is 6.93. The largest absolute Gasteiger partial charge is 0.480 e. The number of aliphatic carboxylic acids is 1. The summed E-state index contributed by atoms with van der Waals surface area (Å²) in [6, 6.07) is 9.31. The Morgan fingerprint density at radius 3 is 2.81 bits per heavy atom. The number of likely N-dealkylation sites (tertiary alicyclic amines) is 1. The van der Waals surface area contributed by atoms with Crippen LogP contribution in [0.1, 0.15) is 24.5 Å². The molecule has 2 heterocycles. The van der Waals surface area contributed by atoms with Crippen LogP contribution in [-0.4, -0.2) is 57.1 Å². The maximum Gasteiger partial charge on any atom is 0.329 e. The molecule has 8 nitrogen and oxygen atoms in total. The molecule has 0 aliphatic carbocycles. The van der Waals surface area contributed by atoms with Crippen LogP contribution >= 0.6 is 0 Å². The lowest BCUT2D eigenvalue weighted by Gasteiger charge is -2.30. The number of nitrogens with zero attached hydrogens (tertiary/aromatic N) is 3. The van der Waals surface area contributed by atoms with Gasteiger partial charge in [0.05, 0.1) is 12.6 Å². The van der Waals surface area contributed by atoms with Crippen molar-refractivity contribution in [3.05, 3.63) is 53.9 Å². The van der Waals surface area contributed by atoms with Crippen LogP contribution in [0, 0.1) is 0 Å². The molecule has 1 aliphatic heterocycles. The van der Waals surface area contributed by atoms with Gasteiger partial charge < -0.3 is 20.1 Å². The summed E-state index contributed by atoms with van der Waals surface area (Å²) in [5.41, 5.74) is 0.737. The number of benzene rings is 1. The van der Waals surface area contributed by atoms with Gasteiger partial charge in [-0.3, -0.25) is 4.68 Å². The van der Waals surface area contributed by atoms with Gasteiger partial charge in [-0.15, -0.1) is 0 Å². The van der Waals surface area contributed by atoms with Crippen molar-refractivity contribution in [1.29, 1.82) is 0 Å². The molecular formula is C19H24N4O4. The van der Waals surface area contributed by atoms with Crippen molar-refractivity contribution in [2.75, 3.05) is 13.7 Å². The summed E-state index contributed by atoms with van der Waals surface area (Å²) in [7, 11) is 1.53. The molecule has 1 aromatic heterocycles. The van der Waals surface area contributed by atoms with Crippen LogP contribution in [0.3, 0.4) is 0 Å². The maximum absolute atomic E-state index is 12.6. The molecule has 0 spiro atoms. The monoisotopic (exact) mass is 372 g/mol. The van der Waals surface area contributed by atoms with Gasteiger partial charge in [0.2, 0.25) is 0 Å². The number of carboxylic acids is 1. The van der Waals surface area contributed by atoms with Crippen molar-refractivity contribution in [3.63, 3.8) is 0 Å². The first-order valence-electron chi connectivity index (χ1n) is 8.79. The number of hydrogen-bond donors (Lipinski definition) is 2. The third kappa shape index (κ3) is 4.11. The minimum atomic E-state index is -1.27. The molecule has 1 fully saturated rings. The lowest BCUT2D eigenvalue weighted by Crippen LogP contribution is -2.53.